The first-order valence-corrected chi connectivity index (χ1v) is 7.53. The van der Waals surface area contributed by atoms with Crippen LogP contribution in [0.2, 0.25) is 0 Å². The quantitative estimate of drug-likeness (QED) is 0.807. The Morgan fingerprint density at radius 3 is 2.95 bits per heavy atom. The lowest BCUT2D eigenvalue weighted by Gasteiger charge is -2.23. The molecule has 1 atom stereocenters. The summed E-state index contributed by atoms with van der Waals surface area (Å²) in [6.45, 7) is 0.758. The molecule has 4 N–H and O–H groups in total. The van der Waals surface area contributed by atoms with Crippen molar-refractivity contribution in [2.45, 2.75) is 37.6 Å². The molecule has 1 saturated carbocycles. The van der Waals surface area contributed by atoms with Crippen molar-refractivity contribution >= 4 is 11.6 Å². The van der Waals surface area contributed by atoms with Gasteiger partial charge in [0.1, 0.15) is 0 Å². The van der Waals surface area contributed by atoms with Crippen LogP contribution in [0.4, 0.5) is 5.69 Å². The number of aromatic nitrogens is 3. The van der Waals surface area contributed by atoms with Crippen LogP contribution in [0, 0.1) is 0 Å². The van der Waals surface area contributed by atoms with E-state index in [1.54, 1.807) is 0 Å². The van der Waals surface area contributed by atoms with Gasteiger partial charge in [-0.1, -0.05) is 0 Å². The molecule has 1 aliphatic carbocycles. The predicted octanol–water partition coefficient (Wildman–Crippen LogP) is 2.17. The highest BCUT2D eigenvalue weighted by Gasteiger charge is 2.35. The zero-order valence-corrected chi connectivity index (χ0v) is 11.8. The van der Waals surface area contributed by atoms with Crippen molar-refractivity contribution in [3.63, 3.8) is 0 Å². The van der Waals surface area contributed by atoms with Crippen LogP contribution in [0.15, 0.2) is 18.3 Å². The molecule has 2 aromatic rings. The highest BCUT2D eigenvalue weighted by Crippen LogP contribution is 2.42. The monoisotopic (exact) mass is 285 g/mol. The molecule has 0 bridgehead atoms. The summed E-state index contributed by atoms with van der Waals surface area (Å²) in [7, 11) is 0. The molecular formula is C15H19N5O. The molecule has 2 aromatic heterocycles. The zero-order valence-electron chi connectivity index (χ0n) is 11.8. The Morgan fingerprint density at radius 2 is 2.24 bits per heavy atom. The van der Waals surface area contributed by atoms with E-state index in [1.807, 2.05) is 23.2 Å². The summed E-state index contributed by atoms with van der Waals surface area (Å²) in [6, 6.07) is 4.09. The van der Waals surface area contributed by atoms with Gasteiger partial charge in [-0.3, -0.25) is 9.89 Å². The summed E-state index contributed by atoms with van der Waals surface area (Å²) in [5.41, 5.74) is 9.07. The molecule has 0 radical (unpaired) electrons. The first-order chi connectivity index (χ1) is 10.3. The van der Waals surface area contributed by atoms with E-state index in [-0.39, 0.29) is 11.9 Å². The van der Waals surface area contributed by atoms with Gasteiger partial charge in [-0.05, 0) is 37.8 Å². The summed E-state index contributed by atoms with van der Waals surface area (Å²) in [6.07, 6.45) is 6.15. The maximum absolute atomic E-state index is 12.8. The maximum atomic E-state index is 12.8. The van der Waals surface area contributed by atoms with Gasteiger partial charge in [-0.25, -0.2) is 0 Å². The highest BCUT2D eigenvalue weighted by atomic mass is 16.2. The summed E-state index contributed by atoms with van der Waals surface area (Å²) in [5.74, 6) is 0.407. The van der Waals surface area contributed by atoms with Crippen LogP contribution >= 0.6 is 0 Å². The average Bonchev–Trinajstić information content (AvgIpc) is 2.94. The molecule has 2 aliphatic rings. The second kappa shape index (κ2) is 4.65. The normalized spacial score (nSPS) is 21.9. The van der Waals surface area contributed by atoms with Gasteiger partial charge < -0.3 is 15.6 Å². The van der Waals surface area contributed by atoms with E-state index in [0.717, 1.165) is 43.6 Å². The fraction of sp³-hybridized carbons (Fsp3) is 0.467. The number of hydrogen-bond acceptors (Lipinski definition) is 3. The predicted molar refractivity (Wildman–Crippen MR) is 78.8 cm³/mol. The van der Waals surface area contributed by atoms with Crippen LogP contribution in [0.25, 0.3) is 0 Å². The number of H-pyrrole nitrogens is 2. The van der Waals surface area contributed by atoms with Gasteiger partial charge in [0.15, 0.2) is 5.69 Å². The number of carbonyl (C=O) groups excluding carboxylic acids is 1. The van der Waals surface area contributed by atoms with Gasteiger partial charge >= 0.3 is 0 Å². The number of carbonyl (C=O) groups is 1. The van der Waals surface area contributed by atoms with Crippen LogP contribution < -0.4 is 5.73 Å². The van der Waals surface area contributed by atoms with Crippen LogP contribution in [0.3, 0.4) is 0 Å². The molecule has 1 aliphatic heterocycles. The second-order valence-electron chi connectivity index (χ2n) is 5.96. The van der Waals surface area contributed by atoms with Gasteiger partial charge in [0, 0.05) is 24.4 Å². The molecule has 0 aromatic carbocycles. The van der Waals surface area contributed by atoms with E-state index in [4.69, 9.17) is 5.73 Å². The smallest absolute Gasteiger partial charge is 0.277 e. The average molecular weight is 285 g/mol. The van der Waals surface area contributed by atoms with Crippen molar-refractivity contribution in [1.29, 1.82) is 0 Å². The Labute approximate surface area is 122 Å². The Morgan fingerprint density at radius 1 is 1.38 bits per heavy atom. The van der Waals surface area contributed by atoms with E-state index < -0.39 is 0 Å². The number of aromatic amines is 2. The van der Waals surface area contributed by atoms with Crippen molar-refractivity contribution in [1.82, 2.24) is 20.1 Å². The second-order valence-corrected chi connectivity index (χ2v) is 5.96. The number of anilines is 1. The van der Waals surface area contributed by atoms with Crippen LogP contribution in [-0.4, -0.2) is 32.5 Å². The number of hydrogen-bond donors (Lipinski definition) is 3. The van der Waals surface area contributed by atoms with E-state index in [0.29, 0.717) is 17.3 Å². The molecule has 0 spiro atoms. The van der Waals surface area contributed by atoms with Crippen molar-refractivity contribution in [2.75, 3.05) is 12.3 Å². The number of nitrogens with zero attached hydrogens (tertiary/aromatic N) is 2. The maximum Gasteiger partial charge on any atom is 0.277 e. The molecular weight excluding hydrogens is 266 g/mol. The molecule has 1 saturated heterocycles. The van der Waals surface area contributed by atoms with Crippen molar-refractivity contribution in [3.05, 3.63) is 35.4 Å². The molecule has 110 valence electrons. The minimum Gasteiger partial charge on any atom is -0.395 e. The Balaban J connectivity index is 1.61. The van der Waals surface area contributed by atoms with Crippen molar-refractivity contribution in [3.8, 4) is 0 Å². The van der Waals surface area contributed by atoms with E-state index in [9.17, 15) is 4.79 Å². The standard InChI is InChI=1S/C15H19N5O/c16-12-13(9-5-6-9)18-19-14(12)15(21)20-8-2-4-11(20)10-3-1-7-17-10/h1,3,7,9,11,17H,2,4-6,8,16H2,(H,18,19). The first-order valence-electron chi connectivity index (χ1n) is 7.53. The number of likely N-dealkylation sites (tertiary alicyclic amines) is 1. The van der Waals surface area contributed by atoms with E-state index >= 15 is 0 Å². The van der Waals surface area contributed by atoms with E-state index in [1.165, 1.54) is 0 Å². The number of nitrogen functional groups attached to an aromatic ring is 1. The Hall–Kier alpha value is -2.24. The molecule has 6 nitrogen and oxygen atoms in total. The van der Waals surface area contributed by atoms with Gasteiger partial charge in [-0.15, -0.1) is 0 Å². The van der Waals surface area contributed by atoms with Gasteiger partial charge in [0.2, 0.25) is 0 Å². The van der Waals surface area contributed by atoms with Crippen LogP contribution in [-0.2, 0) is 0 Å². The lowest BCUT2D eigenvalue weighted by Crippen LogP contribution is -2.31. The fourth-order valence-electron chi connectivity index (χ4n) is 3.23. The molecule has 1 amide bonds. The number of amides is 1. The molecule has 6 heteroatoms. The van der Waals surface area contributed by atoms with Gasteiger partial charge in [0.05, 0.1) is 17.4 Å². The summed E-state index contributed by atoms with van der Waals surface area (Å²) in [4.78, 5) is 17.9. The van der Waals surface area contributed by atoms with Crippen LogP contribution in [0.1, 0.15) is 59.5 Å². The summed E-state index contributed by atoms with van der Waals surface area (Å²) in [5, 5.41) is 7.15. The minimum absolute atomic E-state index is 0.0623. The summed E-state index contributed by atoms with van der Waals surface area (Å²) < 4.78 is 0. The largest absolute Gasteiger partial charge is 0.395 e. The molecule has 2 fully saturated rings. The third-order valence-corrected chi connectivity index (χ3v) is 4.52. The van der Waals surface area contributed by atoms with Crippen molar-refractivity contribution < 1.29 is 4.79 Å². The first kappa shape index (κ1) is 12.5. The van der Waals surface area contributed by atoms with E-state index in [2.05, 4.69) is 15.2 Å². The Bertz CT molecular complexity index is 656. The zero-order chi connectivity index (χ0) is 14.4. The third-order valence-electron chi connectivity index (χ3n) is 4.52. The van der Waals surface area contributed by atoms with Gasteiger partial charge in [-0.2, -0.15) is 5.10 Å². The van der Waals surface area contributed by atoms with Crippen LogP contribution in [0.5, 0.6) is 0 Å². The highest BCUT2D eigenvalue weighted by molar-refractivity contribution is 5.98. The molecule has 4 rings (SSSR count). The van der Waals surface area contributed by atoms with Crippen molar-refractivity contribution in [2.24, 2.45) is 0 Å². The summed E-state index contributed by atoms with van der Waals surface area (Å²) >= 11 is 0. The number of nitrogens with two attached hydrogens (primary N) is 1. The SMILES string of the molecule is Nc1c(C(=O)N2CCCC2c2ccc[nH]2)n[nH]c1C1CC1. The molecule has 3 heterocycles. The lowest BCUT2D eigenvalue weighted by molar-refractivity contribution is 0.0728. The Kier molecular flexibility index (Phi) is 2.77. The minimum atomic E-state index is -0.0623. The molecule has 21 heavy (non-hydrogen) atoms. The fourth-order valence-corrected chi connectivity index (χ4v) is 3.23. The molecule has 1 unspecified atom stereocenters. The number of rotatable bonds is 3. The lowest BCUT2D eigenvalue weighted by atomic mass is 10.1. The third kappa shape index (κ3) is 2.02. The van der Waals surface area contributed by atoms with Gasteiger partial charge in [0.25, 0.3) is 5.91 Å². The topological polar surface area (TPSA) is 90.8 Å². The number of nitrogens with one attached hydrogen (secondary N) is 2.